The van der Waals surface area contributed by atoms with Gasteiger partial charge in [0.2, 0.25) is 0 Å². The SMILES string of the molecule is CC(C)C1c2ccccc2SCc2c(F)cccc21. The molecule has 98 valence electrons. The lowest BCUT2D eigenvalue weighted by Crippen LogP contribution is -2.11. The maximum absolute atomic E-state index is 14.1. The molecule has 1 aliphatic heterocycles. The highest BCUT2D eigenvalue weighted by Crippen LogP contribution is 2.44. The molecule has 0 saturated heterocycles. The molecule has 3 rings (SSSR count). The summed E-state index contributed by atoms with van der Waals surface area (Å²) in [5.74, 6) is 1.41. The van der Waals surface area contributed by atoms with Crippen LogP contribution in [0.15, 0.2) is 47.4 Å². The Hall–Kier alpha value is -1.28. The molecule has 0 bridgehead atoms. The minimum absolute atomic E-state index is 0.0662. The number of hydrogen-bond donors (Lipinski definition) is 0. The molecule has 0 amide bonds. The van der Waals surface area contributed by atoms with Gasteiger partial charge in [0.1, 0.15) is 5.82 Å². The van der Waals surface area contributed by atoms with Crippen molar-refractivity contribution in [2.45, 2.75) is 30.4 Å². The van der Waals surface area contributed by atoms with Gasteiger partial charge in [-0.1, -0.05) is 44.2 Å². The molecule has 1 atom stereocenters. The fourth-order valence-corrected chi connectivity index (χ4v) is 4.06. The van der Waals surface area contributed by atoms with Gasteiger partial charge in [-0.25, -0.2) is 4.39 Å². The van der Waals surface area contributed by atoms with E-state index in [2.05, 4.69) is 44.2 Å². The topological polar surface area (TPSA) is 0 Å². The molecule has 0 aromatic heterocycles. The highest BCUT2D eigenvalue weighted by Gasteiger charge is 2.27. The molecule has 1 aliphatic rings. The summed E-state index contributed by atoms with van der Waals surface area (Å²) in [6, 6.07) is 14.0. The van der Waals surface area contributed by atoms with Gasteiger partial charge >= 0.3 is 0 Å². The summed E-state index contributed by atoms with van der Waals surface area (Å²) in [5.41, 5.74) is 3.38. The Kier molecular flexibility index (Phi) is 3.36. The second-order valence-corrected chi connectivity index (χ2v) is 6.37. The maximum Gasteiger partial charge on any atom is 0.127 e. The highest BCUT2D eigenvalue weighted by atomic mass is 32.2. The van der Waals surface area contributed by atoms with Gasteiger partial charge < -0.3 is 0 Å². The molecule has 2 aromatic carbocycles. The molecule has 2 aromatic rings. The second-order valence-electron chi connectivity index (χ2n) is 5.36. The molecular weight excluding hydrogens is 255 g/mol. The largest absolute Gasteiger partial charge is 0.207 e. The van der Waals surface area contributed by atoms with Crippen LogP contribution in [-0.2, 0) is 5.75 Å². The van der Waals surface area contributed by atoms with Crippen LogP contribution >= 0.6 is 11.8 Å². The zero-order valence-electron chi connectivity index (χ0n) is 11.2. The fourth-order valence-electron chi connectivity index (χ4n) is 2.92. The predicted octanol–water partition coefficient (Wildman–Crippen LogP) is 5.22. The zero-order chi connectivity index (χ0) is 13.4. The Morgan fingerprint density at radius 1 is 1.05 bits per heavy atom. The summed E-state index contributed by atoms with van der Waals surface area (Å²) < 4.78 is 14.1. The summed E-state index contributed by atoms with van der Waals surface area (Å²) in [4.78, 5) is 1.29. The number of thioether (sulfide) groups is 1. The molecule has 0 radical (unpaired) electrons. The Morgan fingerprint density at radius 3 is 2.58 bits per heavy atom. The number of benzene rings is 2. The minimum Gasteiger partial charge on any atom is -0.207 e. The molecule has 0 spiro atoms. The third kappa shape index (κ3) is 2.18. The van der Waals surface area contributed by atoms with Crippen LogP contribution in [0, 0.1) is 11.7 Å². The molecule has 1 heterocycles. The third-order valence-electron chi connectivity index (χ3n) is 3.78. The lowest BCUT2D eigenvalue weighted by molar-refractivity contribution is 0.547. The van der Waals surface area contributed by atoms with Gasteiger partial charge in [0.25, 0.3) is 0 Å². The van der Waals surface area contributed by atoms with Crippen molar-refractivity contribution >= 4 is 11.8 Å². The van der Waals surface area contributed by atoms with E-state index in [0.717, 1.165) is 16.9 Å². The Morgan fingerprint density at radius 2 is 1.79 bits per heavy atom. The van der Waals surface area contributed by atoms with E-state index >= 15 is 0 Å². The fraction of sp³-hybridized carbons (Fsp3) is 0.294. The average Bonchev–Trinajstić information content (AvgIpc) is 2.56. The Bertz CT molecular complexity index is 604. The summed E-state index contributed by atoms with van der Waals surface area (Å²) >= 11 is 1.75. The monoisotopic (exact) mass is 272 g/mol. The van der Waals surface area contributed by atoms with Crippen molar-refractivity contribution in [2.75, 3.05) is 0 Å². The van der Waals surface area contributed by atoms with Crippen molar-refractivity contribution in [3.8, 4) is 0 Å². The molecule has 1 unspecified atom stereocenters. The van der Waals surface area contributed by atoms with Gasteiger partial charge in [-0.2, -0.15) is 0 Å². The van der Waals surface area contributed by atoms with Gasteiger partial charge in [-0.3, -0.25) is 0 Å². The Balaban J connectivity index is 2.24. The molecule has 2 heteroatoms. The highest BCUT2D eigenvalue weighted by molar-refractivity contribution is 7.98. The second kappa shape index (κ2) is 5.01. The quantitative estimate of drug-likeness (QED) is 0.686. The smallest absolute Gasteiger partial charge is 0.127 e. The summed E-state index contributed by atoms with van der Waals surface area (Å²) in [6.07, 6.45) is 0. The molecule has 0 saturated carbocycles. The van der Waals surface area contributed by atoms with E-state index in [9.17, 15) is 4.39 Å². The van der Waals surface area contributed by atoms with Gasteiger partial charge in [0.15, 0.2) is 0 Å². The maximum atomic E-state index is 14.1. The van der Waals surface area contributed by atoms with Crippen LogP contribution in [0.4, 0.5) is 4.39 Å². The lowest BCUT2D eigenvalue weighted by atomic mass is 9.81. The Labute approximate surface area is 118 Å². The predicted molar refractivity (Wildman–Crippen MR) is 79.1 cm³/mol. The lowest BCUT2D eigenvalue weighted by Gasteiger charge is -2.23. The van der Waals surface area contributed by atoms with Crippen LogP contribution in [0.2, 0.25) is 0 Å². The third-order valence-corrected chi connectivity index (χ3v) is 4.90. The van der Waals surface area contributed by atoms with Crippen molar-refractivity contribution < 1.29 is 4.39 Å². The van der Waals surface area contributed by atoms with Crippen LogP contribution in [-0.4, -0.2) is 0 Å². The van der Waals surface area contributed by atoms with Crippen molar-refractivity contribution in [2.24, 2.45) is 5.92 Å². The normalized spacial score (nSPS) is 17.8. The standard InChI is InChI=1S/C17H17FS/c1-11(2)17-12-7-5-8-15(18)14(12)10-19-16-9-4-3-6-13(16)17/h3-9,11,17H,10H2,1-2H3. The number of halogens is 1. The molecule has 0 N–H and O–H groups in total. The number of rotatable bonds is 1. The van der Waals surface area contributed by atoms with E-state index in [0.29, 0.717) is 5.92 Å². The molecule has 0 fully saturated rings. The van der Waals surface area contributed by atoms with E-state index in [4.69, 9.17) is 0 Å². The number of fused-ring (bicyclic) bond motifs is 2. The van der Waals surface area contributed by atoms with E-state index in [-0.39, 0.29) is 11.7 Å². The van der Waals surface area contributed by atoms with E-state index in [1.807, 2.05) is 6.07 Å². The zero-order valence-corrected chi connectivity index (χ0v) is 12.0. The van der Waals surface area contributed by atoms with E-state index < -0.39 is 0 Å². The number of hydrogen-bond acceptors (Lipinski definition) is 1. The van der Waals surface area contributed by atoms with Crippen molar-refractivity contribution in [3.05, 3.63) is 65.0 Å². The van der Waals surface area contributed by atoms with Crippen molar-refractivity contribution in [1.29, 1.82) is 0 Å². The molecule has 0 aliphatic carbocycles. The van der Waals surface area contributed by atoms with Crippen LogP contribution < -0.4 is 0 Å². The van der Waals surface area contributed by atoms with E-state index in [1.165, 1.54) is 10.5 Å². The van der Waals surface area contributed by atoms with Gasteiger partial charge in [0, 0.05) is 22.1 Å². The first-order valence-corrected chi connectivity index (χ1v) is 7.66. The molecule has 19 heavy (non-hydrogen) atoms. The summed E-state index contributed by atoms with van der Waals surface area (Å²) in [7, 11) is 0. The minimum atomic E-state index is -0.0662. The van der Waals surface area contributed by atoms with Crippen molar-refractivity contribution in [1.82, 2.24) is 0 Å². The first-order valence-electron chi connectivity index (χ1n) is 6.67. The summed E-state index contributed by atoms with van der Waals surface area (Å²) in [6.45, 7) is 4.43. The van der Waals surface area contributed by atoms with Gasteiger partial charge in [0.05, 0.1) is 0 Å². The van der Waals surface area contributed by atoms with Gasteiger partial charge in [-0.05, 0) is 29.2 Å². The first-order chi connectivity index (χ1) is 9.18. The molecular formula is C17H17FS. The van der Waals surface area contributed by atoms with Crippen LogP contribution in [0.1, 0.15) is 36.5 Å². The van der Waals surface area contributed by atoms with Gasteiger partial charge in [-0.15, -0.1) is 11.8 Å². The first kappa shape index (κ1) is 12.7. The molecule has 0 nitrogen and oxygen atoms in total. The van der Waals surface area contributed by atoms with Crippen LogP contribution in [0.3, 0.4) is 0 Å². The average molecular weight is 272 g/mol. The van der Waals surface area contributed by atoms with Crippen LogP contribution in [0.25, 0.3) is 0 Å². The van der Waals surface area contributed by atoms with Crippen molar-refractivity contribution in [3.63, 3.8) is 0 Å². The van der Waals surface area contributed by atoms with Crippen LogP contribution in [0.5, 0.6) is 0 Å². The summed E-state index contributed by atoms with van der Waals surface area (Å²) in [5, 5.41) is 0. The van der Waals surface area contributed by atoms with E-state index in [1.54, 1.807) is 17.8 Å².